The fourth-order valence-electron chi connectivity index (χ4n) is 1.40. The number of nitrogens with one attached hydrogen (secondary N) is 2. The maximum atomic E-state index is 11.4. The zero-order chi connectivity index (χ0) is 12.1. The number of hydrogen-bond donors (Lipinski definition) is 2. The fourth-order valence-corrected chi connectivity index (χ4v) is 1.40. The van der Waals surface area contributed by atoms with Crippen molar-refractivity contribution in [1.82, 2.24) is 10.2 Å². The molecule has 1 aliphatic rings. The van der Waals surface area contributed by atoms with E-state index < -0.39 is 18.1 Å². The van der Waals surface area contributed by atoms with E-state index in [2.05, 4.69) is 5.32 Å². The Morgan fingerprint density at radius 1 is 1.56 bits per heavy atom. The third-order valence-corrected chi connectivity index (χ3v) is 2.40. The molecular formula is C10H17N3O3. The number of unbranched alkanes of at least 4 members (excludes halogenated alkanes) is 2. The number of carbonyl (C=O) groups is 2. The lowest BCUT2D eigenvalue weighted by molar-refractivity contribution is -0.160. The predicted molar refractivity (Wildman–Crippen MR) is 57.7 cm³/mol. The third-order valence-electron chi connectivity index (χ3n) is 2.40. The van der Waals surface area contributed by atoms with Gasteiger partial charge in [0.25, 0.3) is 12.1 Å². The molecule has 2 N–H and O–H groups in total. The van der Waals surface area contributed by atoms with E-state index in [1.54, 1.807) is 0 Å². The van der Waals surface area contributed by atoms with Gasteiger partial charge in [-0.15, -0.1) is 0 Å². The molecule has 1 saturated heterocycles. The van der Waals surface area contributed by atoms with Gasteiger partial charge < -0.3 is 9.64 Å². The molecular weight excluding hydrogens is 210 g/mol. The molecule has 0 saturated carbocycles. The number of nitrogens with zero attached hydrogens (tertiary/aromatic N) is 1. The molecule has 0 aromatic carbocycles. The molecule has 1 heterocycles. The van der Waals surface area contributed by atoms with E-state index in [4.69, 9.17) is 10.1 Å². The molecule has 6 heteroatoms. The predicted octanol–water partition coefficient (Wildman–Crippen LogP) is 0.432. The molecule has 1 atom stereocenters. The minimum atomic E-state index is -0.985. The van der Waals surface area contributed by atoms with Gasteiger partial charge in [0, 0.05) is 13.5 Å². The average Bonchev–Trinajstić information content (AvgIpc) is 2.46. The highest BCUT2D eigenvalue weighted by atomic mass is 16.6. The summed E-state index contributed by atoms with van der Waals surface area (Å²) < 4.78 is 4.99. The average molecular weight is 227 g/mol. The van der Waals surface area contributed by atoms with Gasteiger partial charge in [-0.05, 0) is 6.42 Å². The van der Waals surface area contributed by atoms with Crippen molar-refractivity contribution in [3.05, 3.63) is 0 Å². The van der Waals surface area contributed by atoms with Crippen molar-refractivity contribution in [1.29, 1.82) is 5.41 Å². The third kappa shape index (κ3) is 2.95. The Balaban J connectivity index is 2.39. The minimum absolute atomic E-state index is 0.0450. The van der Waals surface area contributed by atoms with Crippen LogP contribution in [-0.4, -0.2) is 36.0 Å². The highest BCUT2D eigenvalue weighted by molar-refractivity contribution is 6.04. The molecule has 0 aromatic rings. The van der Waals surface area contributed by atoms with Crippen LogP contribution in [-0.2, 0) is 14.3 Å². The lowest BCUT2D eigenvalue weighted by Crippen LogP contribution is -2.36. The van der Waals surface area contributed by atoms with E-state index in [1.807, 2.05) is 6.92 Å². The molecule has 1 rings (SSSR count). The van der Waals surface area contributed by atoms with Crippen LogP contribution in [0.3, 0.4) is 0 Å². The van der Waals surface area contributed by atoms with Crippen LogP contribution < -0.4 is 5.32 Å². The van der Waals surface area contributed by atoms with Gasteiger partial charge in [-0.3, -0.25) is 20.3 Å². The van der Waals surface area contributed by atoms with Gasteiger partial charge in [-0.1, -0.05) is 19.8 Å². The summed E-state index contributed by atoms with van der Waals surface area (Å²) in [5.41, 5.74) is 0. The quantitative estimate of drug-likeness (QED) is 0.527. The largest absolute Gasteiger partial charge is 0.432 e. The van der Waals surface area contributed by atoms with Crippen LogP contribution in [0.25, 0.3) is 0 Å². The summed E-state index contributed by atoms with van der Waals surface area (Å²) in [5, 5.41) is 9.61. The van der Waals surface area contributed by atoms with Gasteiger partial charge in [0.1, 0.15) is 0 Å². The summed E-state index contributed by atoms with van der Waals surface area (Å²) in [5.74, 6) is -0.900. The maximum Gasteiger partial charge on any atom is 0.308 e. The number of carbonyl (C=O) groups excluding carboxylic acids is 2. The summed E-state index contributed by atoms with van der Waals surface area (Å²) in [7, 11) is 1.53. The van der Waals surface area contributed by atoms with E-state index in [0.29, 0.717) is 6.42 Å². The maximum absolute atomic E-state index is 11.4. The van der Waals surface area contributed by atoms with Gasteiger partial charge in [0.15, 0.2) is 0 Å². The molecule has 0 radical (unpaired) electrons. The highest BCUT2D eigenvalue weighted by Crippen LogP contribution is 2.09. The smallest absolute Gasteiger partial charge is 0.308 e. The number of guanidine groups is 1. The molecule has 90 valence electrons. The highest BCUT2D eigenvalue weighted by Gasteiger charge is 2.36. The molecule has 6 nitrogen and oxygen atoms in total. The summed E-state index contributed by atoms with van der Waals surface area (Å²) in [6.07, 6.45) is 2.10. The Morgan fingerprint density at radius 2 is 2.25 bits per heavy atom. The second-order valence-corrected chi connectivity index (χ2v) is 3.75. The zero-order valence-corrected chi connectivity index (χ0v) is 9.58. The molecule has 1 aliphatic heterocycles. The first-order chi connectivity index (χ1) is 7.56. The van der Waals surface area contributed by atoms with Gasteiger partial charge in [-0.25, -0.2) is 0 Å². The van der Waals surface area contributed by atoms with Crippen molar-refractivity contribution in [3.8, 4) is 0 Å². The first kappa shape index (κ1) is 12.5. The van der Waals surface area contributed by atoms with Crippen molar-refractivity contribution in [2.75, 3.05) is 7.05 Å². The minimum Gasteiger partial charge on any atom is -0.432 e. The fraction of sp³-hybridized carbons (Fsp3) is 0.700. The molecule has 0 aromatic heterocycles. The van der Waals surface area contributed by atoms with Crippen LogP contribution >= 0.6 is 0 Å². The van der Waals surface area contributed by atoms with Crippen molar-refractivity contribution in [3.63, 3.8) is 0 Å². The Hall–Kier alpha value is -1.59. The number of ether oxygens (including phenoxy) is 1. The van der Waals surface area contributed by atoms with Crippen molar-refractivity contribution in [2.24, 2.45) is 0 Å². The molecule has 1 fully saturated rings. The van der Waals surface area contributed by atoms with Gasteiger partial charge in [-0.2, -0.15) is 0 Å². The number of esters is 1. The number of likely N-dealkylation sites (N-methyl/N-ethyl adjacent to an activating group) is 1. The van der Waals surface area contributed by atoms with Crippen molar-refractivity contribution in [2.45, 2.75) is 38.8 Å². The molecule has 0 bridgehead atoms. The van der Waals surface area contributed by atoms with Crippen LogP contribution in [0.4, 0.5) is 0 Å². The second-order valence-electron chi connectivity index (χ2n) is 3.75. The van der Waals surface area contributed by atoms with Crippen LogP contribution in [0.5, 0.6) is 0 Å². The summed E-state index contributed by atoms with van der Waals surface area (Å²) >= 11 is 0. The number of hydrogen-bond acceptors (Lipinski definition) is 4. The molecule has 1 amide bonds. The summed E-state index contributed by atoms with van der Waals surface area (Å²) in [6, 6.07) is 0. The van der Waals surface area contributed by atoms with Gasteiger partial charge in [0.05, 0.1) is 0 Å². The molecule has 16 heavy (non-hydrogen) atoms. The molecule has 1 unspecified atom stereocenters. The van der Waals surface area contributed by atoms with E-state index >= 15 is 0 Å². The number of rotatable bonds is 5. The standard InChI is InChI=1S/C10H17N3O3/c1-3-4-5-6-7(14)16-9-8(15)12-10(11)13(9)2/h9H,3-6H2,1-2H3,(H2,11,12,15). The Bertz CT molecular complexity index is 304. The van der Waals surface area contributed by atoms with Crippen molar-refractivity contribution < 1.29 is 14.3 Å². The normalized spacial score (nSPS) is 19.9. The van der Waals surface area contributed by atoms with Crippen LogP contribution in [0.15, 0.2) is 0 Å². The Labute approximate surface area is 94.4 Å². The van der Waals surface area contributed by atoms with Crippen LogP contribution in [0.1, 0.15) is 32.6 Å². The molecule has 0 spiro atoms. The Morgan fingerprint density at radius 3 is 2.75 bits per heavy atom. The topological polar surface area (TPSA) is 82.5 Å². The molecule has 0 aliphatic carbocycles. The first-order valence-corrected chi connectivity index (χ1v) is 5.38. The Kier molecular flexibility index (Phi) is 4.28. The summed E-state index contributed by atoms with van der Waals surface area (Å²) in [4.78, 5) is 24.0. The van der Waals surface area contributed by atoms with E-state index in [1.165, 1.54) is 11.9 Å². The lowest BCUT2D eigenvalue weighted by Gasteiger charge is -2.17. The summed E-state index contributed by atoms with van der Waals surface area (Å²) in [6.45, 7) is 2.05. The monoisotopic (exact) mass is 227 g/mol. The second kappa shape index (κ2) is 5.48. The van der Waals surface area contributed by atoms with Crippen LogP contribution in [0.2, 0.25) is 0 Å². The van der Waals surface area contributed by atoms with Gasteiger partial charge in [0.2, 0.25) is 5.96 Å². The van der Waals surface area contributed by atoms with Gasteiger partial charge >= 0.3 is 5.97 Å². The SMILES string of the molecule is CCCCCC(=O)OC1C(=O)NC(=N)N1C. The van der Waals surface area contributed by atoms with Crippen LogP contribution in [0, 0.1) is 5.41 Å². The van der Waals surface area contributed by atoms with Crippen molar-refractivity contribution >= 4 is 17.8 Å². The first-order valence-electron chi connectivity index (χ1n) is 5.38. The number of amides is 1. The van der Waals surface area contributed by atoms with E-state index in [9.17, 15) is 9.59 Å². The van der Waals surface area contributed by atoms with E-state index in [0.717, 1.165) is 19.3 Å². The lowest BCUT2D eigenvalue weighted by atomic mass is 10.2. The zero-order valence-electron chi connectivity index (χ0n) is 9.58. The van der Waals surface area contributed by atoms with E-state index in [-0.39, 0.29) is 5.96 Å².